The molecule has 0 radical (unpaired) electrons. The summed E-state index contributed by atoms with van der Waals surface area (Å²) in [5.74, 6) is 0.475. The molecule has 8 heteroatoms. The Hall–Kier alpha value is -2.74. The van der Waals surface area contributed by atoms with Crippen molar-refractivity contribution in [2.75, 3.05) is 0 Å². The third-order valence-corrected chi connectivity index (χ3v) is 4.96. The molecule has 2 aromatic heterocycles. The normalized spacial score (nSPS) is 10.8. The average molecular weight is 371 g/mol. The molecule has 1 aromatic carbocycles. The molecular weight excluding hydrogens is 350 g/mol. The fourth-order valence-electron chi connectivity index (χ4n) is 2.60. The Labute approximate surface area is 156 Å². The summed E-state index contributed by atoms with van der Waals surface area (Å²) in [5.41, 5.74) is 5.25. The van der Waals surface area contributed by atoms with Crippen LogP contribution in [0.3, 0.4) is 0 Å². The van der Waals surface area contributed by atoms with Crippen LogP contribution in [0.1, 0.15) is 38.7 Å². The summed E-state index contributed by atoms with van der Waals surface area (Å²) in [6.45, 7) is 6.61. The molecule has 3 aromatic rings. The van der Waals surface area contributed by atoms with Crippen LogP contribution < -0.4 is 10.1 Å². The molecule has 2 heterocycles. The van der Waals surface area contributed by atoms with E-state index in [1.54, 1.807) is 18.2 Å². The second-order valence-corrected chi connectivity index (χ2v) is 6.60. The van der Waals surface area contributed by atoms with Gasteiger partial charge in [0.1, 0.15) is 18.1 Å². The van der Waals surface area contributed by atoms with Crippen LogP contribution in [0, 0.1) is 20.8 Å². The van der Waals surface area contributed by atoms with Crippen LogP contribution >= 0.6 is 11.7 Å². The minimum atomic E-state index is -0.149. The van der Waals surface area contributed by atoms with Gasteiger partial charge in [-0.25, -0.2) is 0 Å². The molecule has 0 saturated heterocycles. The molecule has 1 amide bonds. The number of nitrogens with one attached hydrogen (secondary N) is 1. The minimum Gasteiger partial charge on any atom is -0.487 e. The van der Waals surface area contributed by atoms with Gasteiger partial charge in [-0.05, 0) is 39.0 Å². The summed E-state index contributed by atoms with van der Waals surface area (Å²) in [6, 6.07) is 7.12. The molecule has 0 bridgehead atoms. The zero-order chi connectivity index (χ0) is 18.7. The lowest BCUT2D eigenvalue weighted by Crippen LogP contribution is -2.23. The molecular formula is C18H21N5O2S. The third kappa shape index (κ3) is 3.91. The predicted molar refractivity (Wildman–Crippen MR) is 99.3 cm³/mol. The number of hydrogen-bond acceptors (Lipinski definition) is 6. The van der Waals surface area contributed by atoms with E-state index in [1.165, 1.54) is 11.7 Å². The molecule has 1 N–H and O–H groups in total. The Kier molecular flexibility index (Phi) is 5.32. The van der Waals surface area contributed by atoms with Gasteiger partial charge in [0.15, 0.2) is 0 Å². The number of benzene rings is 1. The van der Waals surface area contributed by atoms with Crippen LogP contribution in [0.25, 0.3) is 0 Å². The molecule has 0 unspecified atom stereocenters. The molecule has 0 spiro atoms. The smallest absolute Gasteiger partial charge is 0.251 e. The lowest BCUT2D eigenvalue weighted by molar-refractivity contribution is 0.0950. The highest BCUT2D eigenvalue weighted by atomic mass is 32.1. The van der Waals surface area contributed by atoms with Gasteiger partial charge in [-0.2, -0.15) is 13.8 Å². The fraction of sp³-hybridized carbons (Fsp3) is 0.333. The van der Waals surface area contributed by atoms with Crippen LogP contribution in [-0.2, 0) is 20.2 Å². The topological polar surface area (TPSA) is 81.9 Å². The van der Waals surface area contributed by atoms with Gasteiger partial charge in [-0.15, -0.1) is 0 Å². The molecule has 0 saturated carbocycles. The second-order valence-electron chi connectivity index (χ2n) is 6.07. The number of aromatic nitrogens is 4. The molecule has 0 aliphatic rings. The highest BCUT2D eigenvalue weighted by Crippen LogP contribution is 2.17. The van der Waals surface area contributed by atoms with E-state index in [9.17, 15) is 4.79 Å². The molecule has 136 valence electrons. The molecule has 26 heavy (non-hydrogen) atoms. The largest absolute Gasteiger partial charge is 0.487 e. The predicted octanol–water partition coefficient (Wildman–Crippen LogP) is 2.71. The van der Waals surface area contributed by atoms with Gasteiger partial charge >= 0.3 is 0 Å². The summed E-state index contributed by atoms with van der Waals surface area (Å²) < 4.78 is 15.9. The third-order valence-electron chi connectivity index (χ3n) is 4.30. The molecule has 0 aliphatic carbocycles. The van der Waals surface area contributed by atoms with E-state index in [-0.39, 0.29) is 5.91 Å². The summed E-state index contributed by atoms with van der Waals surface area (Å²) >= 11 is 1.17. The summed E-state index contributed by atoms with van der Waals surface area (Å²) in [7, 11) is 1.90. The van der Waals surface area contributed by atoms with Crippen molar-refractivity contribution >= 4 is 17.6 Å². The highest BCUT2D eigenvalue weighted by molar-refractivity contribution is 6.99. The van der Waals surface area contributed by atoms with Crippen molar-refractivity contribution in [1.82, 2.24) is 23.8 Å². The Balaban J connectivity index is 1.63. The van der Waals surface area contributed by atoms with Crippen LogP contribution in [-0.4, -0.2) is 24.4 Å². The molecule has 7 nitrogen and oxygen atoms in total. The van der Waals surface area contributed by atoms with Crippen molar-refractivity contribution in [3.05, 3.63) is 58.2 Å². The van der Waals surface area contributed by atoms with Crippen molar-refractivity contribution in [2.24, 2.45) is 7.05 Å². The Morgan fingerprint density at radius 3 is 2.69 bits per heavy atom. The first kappa shape index (κ1) is 18.1. The maximum Gasteiger partial charge on any atom is 0.251 e. The van der Waals surface area contributed by atoms with E-state index in [0.29, 0.717) is 24.5 Å². The van der Waals surface area contributed by atoms with Crippen molar-refractivity contribution in [3.63, 3.8) is 0 Å². The number of nitrogens with zero attached hydrogens (tertiary/aromatic N) is 4. The fourth-order valence-corrected chi connectivity index (χ4v) is 3.16. The number of carbonyl (C=O) groups is 1. The first-order valence-electron chi connectivity index (χ1n) is 8.24. The minimum absolute atomic E-state index is 0.149. The monoisotopic (exact) mass is 371 g/mol. The number of carbonyl (C=O) groups excluding carboxylic acids is 1. The standard InChI is InChI=1S/C18H21N5O2S/c1-11-16(13(3)23(4)20-11)9-19-18(24)14-6-5-7-15(8-14)25-10-17-12(2)21-26-22-17/h5-8H,9-10H2,1-4H3,(H,19,24). The molecule has 3 rings (SSSR count). The van der Waals surface area contributed by atoms with Crippen LogP contribution in [0.4, 0.5) is 0 Å². The maximum absolute atomic E-state index is 12.5. The van der Waals surface area contributed by atoms with Crippen molar-refractivity contribution in [2.45, 2.75) is 33.9 Å². The van der Waals surface area contributed by atoms with E-state index < -0.39 is 0 Å². The lowest BCUT2D eigenvalue weighted by Gasteiger charge is -2.09. The highest BCUT2D eigenvalue weighted by Gasteiger charge is 2.12. The van der Waals surface area contributed by atoms with Gasteiger partial charge in [0.2, 0.25) is 0 Å². The first-order chi connectivity index (χ1) is 12.5. The molecule has 0 atom stereocenters. The van der Waals surface area contributed by atoms with Gasteiger partial charge in [-0.1, -0.05) is 6.07 Å². The van der Waals surface area contributed by atoms with Gasteiger partial charge < -0.3 is 10.1 Å². The quantitative estimate of drug-likeness (QED) is 0.720. The van der Waals surface area contributed by atoms with Crippen molar-refractivity contribution < 1.29 is 9.53 Å². The Morgan fingerprint density at radius 1 is 1.23 bits per heavy atom. The summed E-state index contributed by atoms with van der Waals surface area (Å²) in [5, 5.41) is 7.31. The SMILES string of the molecule is Cc1nsnc1COc1cccc(C(=O)NCc2c(C)nn(C)c2C)c1. The first-order valence-corrected chi connectivity index (χ1v) is 8.97. The lowest BCUT2D eigenvalue weighted by atomic mass is 10.1. The molecule has 0 fully saturated rings. The number of amides is 1. The Morgan fingerprint density at radius 2 is 2.04 bits per heavy atom. The Bertz CT molecular complexity index is 932. The summed E-state index contributed by atoms with van der Waals surface area (Å²) in [6.07, 6.45) is 0. The van der Waals surface area contributed by atoms with Gasteiger partial charge in [-0.3, -0.25) is 9.48 Å². The molecule has 0 aliphatic heterocycles. The van der Waals surface area contributed by atoms with Crippen LogP contribution in [0.5, 0.6) is 5.75 Å². The van der Waals surface area contributed by atoms with Gasteiger partial charge in [0.25, 0.3) is 5.91 Å². The van der Waals surface area contributed by atoms with E-state index in [2.05, 4.69) is 19.2 Å². The second kappa shape index (κ2) is 7.65. The summed E-state index contributed by atoms with van der Waals surface area (Å²) in [4.78, 5) is 12.5. The van der Waals surface area contributed by atoms with Crippen molar-refractivity contribution in [1.29, 1.82) is 0 Å². The van der Waals surface area contributed by atoms with E-state index in [1.807, 2.05) is 38.6 Å². The number of rotatable bonds is 6. The van der Waals surface area contributed by atoms with Crippen LogP contribution in [0.15, 0.2) is 24.3 Å². The number of hydrogen-bond donors (Lipinski definition) is 1. The number of aryl methyl sites for hydroxylation is 3. The van der Waals surface area contributed by atoms with Gasteiger partial charge in [0, 0.05) is 30.4 Å². The van der Waals surface area contributed by atoms with Gasteiger partial charge in [0.05, 0.1) is 23.1 Å². The van der Waals surface area contributed by atoms with E-state index >= 15 is 0 Å². The van der Waals surface area contributed by atoms with Crippen LogP contribution in [0.2, 0.25) is 0 Å². The van der Waals surface area contributed by atoms with Crippen molar-refractivity contribution in [3.8, 4) is 5.75 Å². The zero-order valence-corrected chi connectivity index (χ0v) is 16.1. The maximum atomic E-state index is 12.5. The zero-order valence-electron chi connectivity index (χ0n) is 15.2. The number of ether oxygens (including phenoxy) is 1. The van der Waals surface area contributed by atoms with E-state index in [4.69, 9.17) is 4.74 Å². The van der Waals surface area contributed by atoms with E-state index in [0.717, 1.165) is 28.3 Å². The average Bonchev–Trinajstić information content (AvgIpc) is 3.14.